The Morgan fingerprint density at radius 3 is 2.59 bits per heavy atom. The van der Waals surface area contributed by atoms with Crippen molar-refractivity contribution in [3.63, 3.8) is 0 Å². The maximum atomic E-state index is 13.3. The molecule has 2 aliphatic heterocycles. The Labute approximate surface area is 204 Å². The van der Waals surface area contributed by atoms with Crippen LogP contribution in [0.25, 0.3) is 6.08 Å². The highest BCUT2D eigenvalue weighted by molar-refractivity contribution is 8.19. The molecule has 1 fully saturated rings. The number of aromatic hydroxyl groups is 1. The van der Waals surface area contributed by atoms with E-state index in [1.54, 1.807) is 54.6 Å². The van der Waals surface area contributed by atoms with Gasteiger partial charge in [0, 0.05) is 10.6 Å². The van der Waals surface area contributed by atoms with E-state index in [0.717, 1.165) is 22.9 Å². The van der Waals surface area contributed by atoms with Crippen LogP contribution in [0.5, 0.6) is 5.75 Å². The minimum absolute atomic E-state index is 0.136. The molecule has 3 aromatic carbocycles. The van der Waals surface area contributed by atoms with Gasteiger partial charge < -0.3 is 10.4 Å². The Bertz CT molecular complexity index is 1430. The van der Waals surface area contributed by atoms with Crippen LogP contribution in [0, 0.1) is 6.92 Å². The second-order valence-electron chi connectivity index (χ2n) is 7.66. The van der Waals surface area contributed by atoms with E-state index < -0.39 is 0 Å². The normalized spacial score (nSPS) is 18.8. The van der Waals surface area contributed by atoms with Crippen molar-refractivity contribution in [2.24, 2.45) is 10.2 Å². The summed E-state index contributed by atoms with van der Waals surface area (Å²) < 4.78 is 0. The highest BCUT2D eigenvalue weighted by atomic mass is 35.5. The molecule has 0 saturated carbocycles. The van der Waals surface area contributed by atoms with Crippen LogP contribution in [0.4, 0.5) is 11.4 Å². The molecule has 34 heavy (non-hydrogen) atoms. The number of phenols is 1. The van der Waals surface area contributed by atoms with Crippen LogP contribution in [-0.2, 0) is 9.59 Å². The standard InChI is InChI=1S/C25H17ClN4O3S/c1-14-5-10-20-19(11-14)22(23(32)27-20)28-29-25-30(17-4-2-3-16(26)13-17)24(33)21(34-25)12-15-6-8-18(31)9-7-15/h2-13,31H,1H3,(H,27,28,32)/b21-12-,29-25+. The molecule has 0 aromatic heterocycles. The van der Waals surface area contributed by atoms with Gasteiger partial charge in [0.2, 0.25) is 5.17 Å². The number of thioether (sulfide) groups is 1. The molecule has 0 aliphatic carbocycles. The number of hydrogen-bond acceptors (Lipinski definition) is 6. The van der Waals surface area contributed by atoms with Crippen LogP contribution in [0.15, 0.2) is 81.8 Å². The van der Waals surface area contributed by atoms with Gasteiger partial charge in [-0.3, -0.25) is 14.5 Å². The Morgan fingerprint density at radius 1 is 1.03 bits per heavy atom. The maximum absolute atomic E-state index is 13.3. The Kier molecular flexibility index (Phi) is 5.69. The van der Waals surface area contributed by atoms with Gasteiger partial charge in [-0.05, 0) is 72.8 Å². The minimum atomic E-state index is -0.353. The molecule has 1 saturated heterocycles. The minimum Gasteiger partial charge on any atom is -0.508 e. The molecule has 2 heterocycles. The zero-order valence-corrected chi connectivity index (χ0v) is 19.4. The summed E-state index contributed by atoms with van der Waals surface area (Å²) in [4.78, 5) is 27.7. The molecule has 5 rings (SSSR count). The van der Waals surface area contributed by atoms with Gasteiger partial charge in [-0.1, -0.05) is 41.4 Å². The lowest BCUT2D eigenvalue weighted by molar-refractivity contribution is -0.113. The SMILES string of the molecule is Cc1ccc2c(c1)/C(=N/N=C1/S/C(=C\c3ccc(O)cc3)C(=O)N1c1cccc(Cl)c1)C(=O)N2. The van der Waals surface area contributed by atoms with Crippen molar-refractivity contribution in [3.05, 3.63) is 93.3 Å². The van der Waals surface area contributed by atoms with E-state index in [0.29, 0.717) is 32.0 Å². The zero-order valence-electron chi connectivity index (χ0n) is 17.8. The van der Waals surface area contributed by atoms with Gasteiger partial charge in [-0.2, -0.15) is 0 Å². The summed E-state index contributed by atoms with van der Waals surface area (Å²) in [6, 6.07) is 19.0. The van der Waals surface area contributed by atoms with Crippen LogP contribution >= 0.6 is 23.4 Å². The van der Waals surface area contributed by atoms with Gasteiger partial charge >= 0.3 is 0 Å². The first-order chi connectivity index (χ1) is 16.4. The third-order valence-corrected chi connectivity index (χ3v) is 6.39. The average Bonchev–Trinajstić information content (AvgIpc) is 3.29. The van der Waals surface area contributed by atoms with Crippen LogP contribution < -0.4 is 10.2 Å². The fourth-order valence-electron chi connectivity index (χ4n) is 3.56. The second-order valence-corrected chi connectivity index (χ2v) is 9.10. The first-order valence-electron chi connectivity index (χ1n) is 10.3. The van der Waals surface area contributed by atoms with Gasteiger partial charge in [0.1, 0.15) is 5.75 Å². The number of rotatable bonds is 3. The van der Waals surface area contributed by atoms with Crippen molar-refractivity contribution >= 4 is 63.5 Å². The third kappa shape index (κ3) is 4.21. The van der Waals surface area contributed by atoms with E-state index in [2.05, 4.69) is 15.5 Å². The lowest BCUT2D eigenvalue weighted by Gasteiger charge is -2.15. The van der Waals surface area contributed by atoms with Gasteiger partial charge in [-0.15, -0.1) is 10.2 Å². The Morgan fingerprint density at radius 2 is 1.82 bits per heavy atom. The third-order valence-electron chi connectivity index (χ3n) is 5.19. The van der Waals surface area contributed by atoms with E-state index in [4.69, 9.17) is 11.6 Å². The van der Waals surface area contributed by atoms with E-state index in [1.165, 1.54) is 4.90 Å². The molecular formula is C25H17ClN4O3S. The van der Waals surface area contributed by atoms with Crippen LogP contribution in [0.2, 0.25) is 5.02 Å². The van der Waals surface area contributed by atoms with E-state index >= 15 is 0 Å². The number of hydrogen-bond donors (Lipinski definition) is 2. The van der Waals surface area contributed by atoms with Gasteiger partial charge in [0.15, 0.2) is 5.71 Å². The summed E-state index contributed by atoms with van der Waals surface area (Å²) in [5, 5.41) is 21.6. The van der Waals surface area contributed by atoms with Gasteiger partial charge in [0.25, 0.3) is 11.8 Å². The molecule has 2 amide bonds. The van der Waals surface area contributed by atoms with Crippen molar-refractivity contribution in [3.8, 4) is 5.75 Å². The number of nitrogens with one attached hydrogen (secondary N) is 1. The highest BCUT2D eigenvalue weighted by Gasteiger charge is 2.35. The molecular weight excluding hydrogens is 472 g/mol. The summed E-state index contributed by atoms with van der Waals surface area (Å²) in [7, 11) is 0. The molecule has 3 aromatic rings. The van der Waals surface area contributed by atoms with Crippen molar-refractivity contribution in [2.45, 2.75) is 6.92 Å². The fourth-order valence-corrected chi connectivity index (χ4v) is 4.68. The molecule has 0 spiro atoms. The molecule has 0 atom stereocenters. The number of phenolic OH excluding ortho intramolecular Hbond substituents is 1. The molecule has 2 N–H and O–H groups in total. The number of halogens is 1. The Hall–Kier alpha value is -3.88. The topological polar surface area (TPSA) is 94.4 Å². The van der Waals surface area contributed by atoms with Crippen LogP contribution in [0.3, 0.4) is 0 Å². The van der Waals surface area contributed by atoms with Gasteiger partial charge in [-0.25, -0.2) is 0 Å². The molecule has 0 unspecified atom stereocenters. The molecule has 0 radical (unpaired) electrons. The molecule has 168 valence electrons. The number of amidine groups is 1. The molecule has 0 bridgehead atoms. The summed E-state index contributed by atoms with van der Waals surface area (Å²) >= 11 is 7.31. The van der Waals surface area contributed by atoms with Crippen LogP contribution in [0.1, 0.15) is 16.7 Å². The number of anilines is 2. The number of carbonyl (C=O) groups is 2. The van der Waals surface area contributed by atoms with E-state index in [9.17, 15) is 14.7 Å². The number of nitrogens with zero attached hydrogens (tertiary/aromatic N) is 3. The number of aryl methyl sites for hydroxylation is 1. The first kappa shape index (κ1) is 21.9. The lowest BCUT2D eigenvalue weighted by Crippen LogP contribution is -2.28. The number of benzene rings is 3. The fraction of sp³-hybridized carbons (Fsp3) is 0.0400. The second kappa shape index (κ2) is 8.81. The number of carbonyl (C=O) groups excluding carboxylic acids is 2. The largest absolute Gasteiger partial charge is 0.508 e. The quantitative estimate of drug-likeness (QED) is 0.392. The summed E-state index contributed by atoms with van der Waals surface area (Å²) in [5.74, 6) is -0.517. The predicted octanol–water partition coefficient (Wildman–Crippen LogP) is 5.19. The highest BCUT2D eigenvalue weighted by Crippen LogP contribution is 2.37. The summed E-state index contributed by atoms with van der Waals surface area (Å²) in [5.41, 5.74) is 3.78. The number of amides is 2. The summed E-state index contributed by atoms with van der Waals surface area (Å²) in [6.45, 7) is 1.93. The Balaban J connectivity index is 1.58. The molecule has 2 aliphatic rings. The van der Waals surface area contributed by atoms with Crippen molar-refractivity contribution < 1.29 is 14.7 Å². The number of fused-ring (bicyclic) bond motifs is 1. The molecule has 9 heteroatoms. The zero-order chi connectivity index (χ0) is 23.8. The first-order valence-corrected chi connectivity index (χ1v) is 11.4. The smallest absolute Gasteiger partial charge is 0.276 e. The maximum Gasteiger partial charge on any atom is 0.276 e. The molecule has 7 nitrogen and oxygen atoms in total. The monoisotopic (exact) mass is 488 g/mol. The van der Waals surface area contributed by atoms with E-state index in [1.807, 2.05) is 25.1 Å². The van der Waals surface area contributed by atoms with Gasteiger partial charge in [0.05, 0.1) is 16.3 Å². The van der Waals surface area contributed by atoms with Crippen LogP contribution in [-0.4, -0.2) is 27.8 Å². The predicted molar refractivity (Wildman–Crippen MR) is 136 cm³/mol. The van der Waals surface area contributed by atoms with E-state index in [-0.39, 0.29) is 23.3 Å². The van der Waals surface area contributed by atoms with Crippen molar-refractivity contribution in [1.29, 1.82) is 0 Å². The van der Waals surface area contributed by atoms with Crippen molar-refractivity contribution in [1.82, 2.24) is 0 Å². The van der Waals surface area contributed by atoms with Crippen molar-refractivity contribution in [2.75, 3.05) is 10.2 Å². The average molecular weight is 489 g/mol. The lowest BCUT2D eigenvalue weighted by atomic mass is 10.1. The summed E-state index contributed by atoms with van der Waals surface area (Å²) in [6.07, 6.45) is 1.71.